The number of nitrogens with zero attached hydrogens (tertiary/aromatic N) is 2. The van der Waals surface area contributed by atoms with Crippen molar-refractivity contribution in [2.75, 3.05) is 26.7 Å². The van der Waals surface area contributed by atoms with E-state index in [2.05, 4.69) is 15.9 Å². The van der Waals surface area contributed by atoms with Gasteiger partial charge in [-0.05, 0) is 18.2 Å². The van der Waals surface area contributed by atoms with E-state index in [1.54, 1.807) is 16.8 Å². The summed E-state index contributed by atoms with van der Waals surface area (Å²) in [7, 11) is 1.72. The topological polar surface area (TPSA) is 60.9 Å². The molecule has 5 nitrogen and oxygen atoms in total. The first-order valence-electron chi connectivity index (χ1n) is 6.35. The van der Waals surface area contributed by atoms with Crippen molar-refractivity contribution >= 4 is 27.8 Å². The first-order valence-corrected chi connectivity index (χ1v) is 7.14. The Kier molecular flexibility index (Phi) is 6.67. The van der Waals surface area contributed by atoms with Crippen molar-refractivity contribution in [2.45, 2.75) is 13.5 Å². The van der Waals surface area contributed by atoms with Gasteiger partial charge in [-0.1, -0.05) is 41.1 Å². The molecule has 0 aliphatic heterocycles. The molecule has 1 amide bonds. The molecule has 0 unspecified atom stereocenters. The molecule has 1 N–H and O–H groups in total. The zero-order valence-corrected chi connectivity index (χ0v) is 13.3. The van der Waals surface area contributed by atoms with Crippen LogP contribution in [0.15, 0.2) is 28.7 Å². The van der Waals surface area contributed by atoms with E-state index >= 15 is 0 Å². The molecule has 0 aliphatic rings. The number of carboxylic acids is 1. The van der Waals surface area contributed by atoms with E-state index in [1.165, 1.54) is 0 Å². The molecular weight excluding hydrogens is 324 g/mol. The number of halogens is 1. The Morgan fingerprint density at radius 2 is 1.90 bits per heavy atom. The molecule has 0 radical (unpaired) electrons. The van der Waals surface area contributed by atoms with Crippen molar-refractivity contribution in [1.29, 1.82) is 0 Å². The molecule has 1 rings (SSSR count). The van der Waals surface area contributed by atoms with E-state index in [9.17, 15) is 9.59 Å². The maximum atomic E-state index is 12.1. The van der Waals surface area contributed by atoms with Crippen LogP contribution in [0.4, 0.5) is 0 Å². The number of carbonyl (C=O) groups is 2. The lowest BCUT2D eigenvalue weighted by atomic mass is 10.2. The average molecular weight is 343 g/mol. The summed E-state index contributed by atoms with van der Waals surface area (Å²) in [6.07, 6.45) is 0. The van der Waals surface area contributed by atoms with Crippen molar-refractivity contribution in [3.8, 4) is 0 Å². The molecule has 0 aliphatic carbocycles. The van der Waals surface area contributed by atoms with Gasteiger partial charge in [0.05, 0.1) is 13.1 Å². The number of hydrogen-bond donors (Lipinski definition) is 1. The number of carboxylic acid groups (broad SMARTS) is 1. The summed E-state index contributed by atoms with van der Waals surface area (Å²) in [6, 6.07) is 7.71. The second-order valence-electron chi connectivity index (χ2n) is 4.54. The minimum atomic E-state index is -0.923. The van der Waals surface area contributed by atoms with Crippen LogP contribution in [0, 0.1) is 0 Å². The van der Waals surface area contributed by atoms with Crippen LogP contribution in [-0.4, -0.2) is 53.5 Å². The smallest absolute Gasteiger partial charge is 0.317 e. The third-order valence-electron chi connectivity index (χ3n) is 2.96. The molecule has 0 atom stereocenters. The Morgan fingerprint density at radius 3 is 2.45 bits per heavy atom. The fourth-order valence-corrected chi connectivity index (χ4v) is 2.16. The van der Waals surface area contributed by atoms with E-state index in [0.717, 1.165) is 10.0 Å². The maximum Gasteiger partial charge on any atom is 0.317 e. The highest BCUT2D eigenvalue weighted by Gasteiger charge is 2.16. The van der Waals surface area contributed by atoms with Crippen LogP contribution in [0.5, 0.6) is 0 Å². The zero-order valence-electron chi connectivity index (χ0n) is 11.7. The minimum absolute atomic E-state index is 0.0937. The largest absolute Gasteiger partial charge is 0.480 e. The Morgan fingerprint density at radius 1 is 1.25 bits per heavy atom. The maximum absolute atomic E-state index is 12.1. The lowest BCUT2D eigenvalue weighted by Crippen LogP contribution is -2.40. The van der Waals surface area contributed by atoms with Gasteiger partial charge in [0.15, 0.2) is 0 Å². The number of benzene rings is 1. The molecule has 20 heavy (non-hydrogen) atoms. The Balaban J connectivity index is 2.58. The molecular formula is C14H19BrN2O3. The lowest BCUT2D eigenvalue weighted by Gasteiger charge is -2.23. The van der Waals surface area contributed by atoms with E-state index < -0.39 is 5.97 Å². The Bertz CT molecular complexity index is 479. The van der Waals surface area contributed by atoms with Gasteiger partial charge in [-0.25, -0.2) is 0 Å². The van der Waals surface area contributed by atoms with Gasteiger partial charge in [0.25, 0.3) is 0 Å². The fraction of sp³-hybridized carbons (Fsp3) is 0.429. The SMILES string of the molecule is CCN(CC(=O)O)CC(=O)N(C)Cc1ccccc1Br. The van der Waals surface area contributed by atoms with E-state index in [-0.39, 0.29) is 19.0 Å². The first-order chi connectivity index (χ1) is 9.43. The summed E-state index contributed by atoms with van der Waals surface area (Å²) in [5.41, 5.74) is 1.02. The summed E-state index contributed by atoms with van der Waals surface area (Å²) >= 11 is 3.45. The molecule has 1 aromatic rings. The molecule has 0 saturated carbocycles. The molecule has 0 aromatic heterocycles. The summed E-state index contributed by atoms with van der Waals surface area (Å²) in [5.74, 6) is -1.02. The highest BCUT2D eigenvalue weighted by atomic mass is 79.9. The van der Waals surface area contributed by atoms with Crippen molar-refractivity contribution in [2.24, 2.45) is 0 Å². The predicted octanol–water partition coefficient (Wildman–Crippen LogP) is 1.81. The summed E-state index contributed by atoms with van der Waals surface area (Å²) < 4.78 is 0.956. The molecule has 0 fully saturated rings. The normalized spacial score (nSPS) is 10.6. The quantitative estimate of drug-likeness (QED) is 0.820. The number of carbonyl (C=O) groups excluding carboxylic acids is 1. The third-order valence-corrected chi connectivity index (χ3v) is 3.73. The standard InChI is InChI=1S/C14H19BrN2O3/c1-3-17(10-14(19)20)9-13(18)16(2)8-11-6-4-5-7-12(11)15/h4-7H,3,8-10H2,1-2H3,(H,19,20). The molecule has 0 spiro atoms. The van der Waals surface area contributed by atoms with E-state index in [0.29, 0.717) is 13.1 Å². The number of aliphatic carboxylic acids is 1. The Labute approximate surface area is 127 Å². The second kappa shape index (κ2) is 8.01. The van der Waals surface area contributed by atoms with Crippen LogP contribution in [0.25, 0.3) is 0 Å². The summed E-state index contributed by atoms with van der Waals surface area (Å²) in [6.45, 7) is 2.85. The first kappa shape index (κ1) is 16.7. The van der Waals surface area contributed by atoms with Crippen LogP contribution in [0.2, 0.25) is 0 Å². The predicted molar refractivity (Wildman–Crippen MR) is 80.4 cm³/mol. The van der Waals surface area contributed by atoms with Gasteiger partial charge < -0.3 is 10.0 Å². The monoisotopic (exact) mass is 342 g/mol. The zero-order chi connectivity index (χ0) is 15.1. The third kappa shape index (κ3) is 5.30. The molecule has 0 heterocycles. The van der Waals surface area contributed by atoms with Crippen molar-refractivity contribution in [3.05, 3.63) is 34.3 Å². The van der Waals surface area contributed by atoms with Gasteiger partial charge in [0.2, 0.25) is 5.91 Å². The van der Waals surface area contributed by atoms with Gasteiger partial charge in [-0.3, -0.25) is 14.5 Å². The molecule has 1 aromatic carbocycles. The van der Waals surface area contributed by atoms with Crippen LogP contribution in [-0.2, 0) is 16.1 Å². The molecule has 110 valence electrons. The van der Waals surface area contributed by atoms with Crippen LogP contribution in [0.1, 0.15) is 12.5 Å². The lowest BCUT2D eigenvalue weighted by molar-refractivity contribution is -0.139. The van der Waals surface area contributed by atoms with E-state index in [1.807, 2.05) is 31.2 Å². The van der Waals surface area contributed by atoms with Gasteiger partial charge in [-0.2, -0.15) is 0 Å². The van der Waals surface area contributed by atoms with Crippen molar-refractivity contribution < 1.29 is 14.7 Å². The minimum Gasteiger partial charge on any atom is -0.480 e. The molecule has 0 bridgehead atoms. The Hall–Kier alpha value is -1.40. The van der Waals surface area contributed by atoms with Gasteiger partial charge in [0.1, 0.15) is 0 Å². The van der Waals surface area contributed by atoms with E-state index in [4.69, 9.17) is 5.11 Å². The van der Waals surface area contributed by atoms with Crippen LogP contribution >= 0.6 is 15.9 Å². The number of amides is 1. The number of hydrogen-bond acceptors (Lipinski definition) is 3. The van der Waals surface area contributed by atoms with Crippen LogP contribution < -0.4 is 0 Å². The van der Waals surface area contributed by atoms with Crippen LogP contribution in [0.3, 0.4) is 0 Å². The average Bonchev–Trinajstić information content (AvgIpc) is 2.39. The summed E-state index contributed by atoms with van der Waals surface area (Å²) in [4.78, 5) is 26.0. The van der Waals surface area contributed by atoms with Crippen molar-refractivity contribution in [3.63, 3.8) is 0 Å². The van der Waals surface area contributed by atoms with Gasteiger partial charge >= 0.3 is 5.97 Å². The number of likely N-dealkylation sites (N-methyl/N-ethyl adjacent to an activating group) is 2. The van der Waals surface area contributed by atoms with Gasteiger partial charge in [-0.15, -0.1) is 0 Å². The second-order valence-corrected chi connectivity index (χ2v) is 5.39. The molecule has 6 heteroatoms. The molecule has 0 saturated heterocycles. The summed E-state index contributed by atoms with van der Waals surface area (Å²) in [5, 5.41) is 8.77. The highest BCUT2D eigenvalue weighted by Crippen LogP contribution is 2.17. The van der Waals surface area contributed by atoms with Gasteiger partial charge in [0, 0.05) is 18.1 Å². The highest BCUT2D eigenvalue weighted by molar-refractivity contribution is 9.10. The van der Waals surface area contributed by atoms with Crippen molar-refractivity contribution in [1.82, 2.24) is 9.80 Å². The number of rotatable bonds is 7. The fourth-order valence-electron chi connectivity index (χ4n) is 1.75.